The van der Waals surface area contributed by atoms with Crippen LogP contribution in [0.1, 0.15) is 0 Å². The van der Waals surface area contributed by atoms with Crippen LogP contribution in [0.3, 0.4) is 0 Å². The third-order valence-corrected chi connectivity index (χ3v) is 6.05. The molecule has 0 bridgehead atoms. The minimum absolute atomic E-state index is 0.0696. The molecule has 2 aromatic carbocycles. The molecule has 3 aromatic rings. The van der Waals surface area contributed by atoms with Gasteiger partial charge < -0.3 is 0 Å². The number of rotatable bonds is 3. The number of benzene rings is 2. The number of nitrogens with zero attached hydrogens (tertiary/aromatic N) is 2. The number of hydrogen-bond acceptors (Lipinski definition) is 3. The quantitative estimate of drug-likeness (QED) is 0.214. The van der Waals surface area contributed by atoms with Gasteiger partial charge in [-0.15, -0.1) is 0 Å². The summed E-state index contributed by atoms with van der Waals surface area (Å²) in [5.74, 6) is 0. The molecule has 0 atom stereocenters. The predicted molar refractivity (Wildman–Crippen MR) is 112 cm³/mol. The molecular formula is C17H6Cl6N2O2. The Morgan fingerprint density at radius 1 is 0.778 bits per heavy atom. The Labute approximate surface area is 183 Å². The lowest BCUT2D eigenvalue weighted by molar-refractivity contribution is -0.383. The van der Waals surface area contributed by atoms with Crippen molar-refractivity contribution in [2.45, 2.75) is 0 Å². The van der Waals surface area contributed by atoms with Gasteiger partial charge in [0.05, 0.1) is 40.6 Å². The van der Waals surface area contributed by atoms with Crippen LogP contribution in [0, 0.1) is 10.1 Å². The highest BCUT2D eigenvalue weighted by Crippen LogP contribution is 2.43. The molecule has 0 fully saturated rings. The average molecular weight is 483 g/mol. The lowest BCUT2D eigenvalue weighted by Crippen LogP contribution is -1.98. The molecule has 0 saturated carbocycles. The second-order valence-electron chi connectivity index (χ2n) is 5.32. The first-order chi connectivity index (χ1) is 12.7. The van der Waals surface area contributed by atoms with Gasteiger partial charge in [-0.25, -0.2) is 4.98 Å². The zero-order valence-corrected chi connectivity index (χ0v) is 17.5. The van der Waals surface area contributed by atoms with E-state index in [1.54, 1.807) is 0 Å². The Balaban J connectivity index is 2.31. The van der Waals surface area contributed by atoms with Gasteiger partial charge in [0.15, 0.2) is 0 Å². The van der Waals surface area contributed by atoms with E-state index in [0.717, 1.165) is 0 Å². The highest BCUT2D eigenvalue weighted by atomic mass is 35.5. The molecule has 0 aliphatic rings. The van der Waals surface area contributed by atoms with E-state index in [1.165, 1.54) is 36.5 Å². The molecule has 0 spiro atoms. The van der Waals surface area contributed by atoms with E-state index < -0.39 is 4.92 Å². The van der Waals surface area contributed by atoms with Gasteiger partial charge in [0.1, 0.15) is 5.69 Å². The molecule has 27 heavy (non-hydrogen) atoms. The standard InChI is InChI=1S/C17H6Cl6N2O2/c18-10-3-7(4-11(19)14(10)22)9-1-2-24-16(17(9)25(26)27)8-5-12(20)15(23)13(21)6-8/h1-6H. The monoisotopic (exact) mass is 480 g/mol. The molecule has 1 heterocycles. The largest absolute Gasteiger partial charge is 0.303 e. The third kappa shape index (κ3) is 3.97. The van der Waals surface area contributed by atoms with Crippen LogP contribution in [-0.4, -0.2) is 9.91 Å². The van der Waals surface area contributed by atoms with Gasteiger partial charge >= 0.3 is 5.69 Å². The Bertz CT molecular complexity index is 965. The van der Waals surface area contributed by atoms with Crippen LogP contribution < -0.4 is 0 Å². The Morgan fingerprint density at radius 2 is 1.22 bits per heavy atom. The van der Waals surface area contributed by atoms with E-state index in [-0.39, 0.29) is 47.1 Å². The second kappa shape index (κ2) is 8.00. The molecule has 0 N–H and O–H groups in total. The van der Waals surface area contributed by atoms with E-state index in [4.69, 9.17) is 69.6 Å². The van der Waals surface area contributed by atoms with Crippen molar-refractivity contribution >= 4 is 75.3 Å². The molecule has 0 saturated heterocycles. The van der Waals surface area contributed by atoms with Gasteiger partial charge in [0.25, 0.3) is 0 Å². The highest BCUT2D eigenvalue weighted by molar-refractivity contribution is 6.49. The molecule has 1 aromatic heterocycles. The van der Waals surface area contributed by atoms with Crippen molar-refractivity contribution in [3.05, 3.63) is 76.8 Å². The number of nitro groups is 1. The van der Waals surface area contributed by atoms with Crippen LogP contribution in [0.25, 0.3) is 22.4 Å². The van der Waals surface area contributed by atoms with Gasteiger partial charge in [0.2, 0.25) is 0 Å². The molecule has 0 radical (unpaired) electrons. The van der Waals surface area contributed by atoms with Gasteiger partial charge in [-0.05, 0) is 35.9 Å². The molecule has 0 aliphatic carbocycles. The van der Waals surface area contributed by atoms with E-state index in [1.807, 2.05) is 0 Å². The minimum atomic E-state index is -0.551. The van der Waals surface area contributed by atoms with Gasteiger partial charge in [-0.2, -0.15) is 0 Å². The normalized spacial score (nSPS) is 10.9. The van der Waals surface area contributed by atoms with Crippen molar-refractivity contribution in [1.82, 2.24) is 4.98 Å². The van der Waals surface area contributed by atoms with Crippen molar-refractivity contribution in [3.63, 3.8) is 0 Å². The first-order valence-corrected chi connectivity index (χ1v) is 9.40. The highest BCUT2D eigenvalue weighted by Gasteiger charge is 2.25. The summed E-state index contributed by atoms with van der Waals surface area (Å²) in [5, 5.41) is 12.8. The van der Waals surface area contributed by atoms with E-state index >= 15 is 0 Å². The fraction of sp³-hybridized carbons (Fsp3) is 0. The Morgan fingerprint density at radius 3 is 1.67 bits per heavy atom. The van der Waals surface area contributed by atoms with Gasteiger partial charge in [0, 0.05) is 11.8 Å². The Kier molecular flexibility index (Phi) is 6.06. The Hall–Kier alpha value is -1.27. The number of halogens is 6. The van der Waals surface area contributed by atoms with E-state index in [9.17, 15) is 10.1 Å². The number of pyridine rings is 1. The molecule has 10 heteroatoms. The average Bonchev–Trinajstić information content (AvgIpc) is 2.62. The van der Waals surface area contributed by atoms with Crippen LogP contribution in [0.4, 0.5) is 5.69 Å². The summed E-state index contributed by atoms with van der Waals surface area (Å²) in [6.45, 7) is 0. The maximum absolute atomic E-state index is 11.8. The summed E-state index contributed by atoms with van der Waals surface area (Å²) < 4.78 is 0. The van der Waals surface area contributed by atoms with Crippen molar-refractivity contribution in [1.29, 1.82) is 0 Å². The van der Waals surface area contributed by atoms with Crippen LogP contribution in [0.5, 0.6) is 0 Å². The lowest BCUT2D eigenvalue weighted by Gasteiger charge is -2.10. The predicted octanol–water partition coefficient (Wildman–Crippen LogP) is 8.24. The van der Waals surface area contributed by atoms with E-state index in [0.29, 0.717) is 11.1 Å². The second-order valence-corrected chi connectivity index (χ2v) is 7.71. The summed E-state index contributed by atoms with van der Waals surface area (Å²) in [4.78, 5) is 15.4. The molecule has 0 amide bonds. The van der Waals surface area contributed by atoms with E-state index in [2.05, 4.69) is 4.98 Å². The lowest BCUT2D eigenvalue weighted by atomic mass is 10.0. The molecule has 4 nitrogen and oxygen atoms in total. The fourth-order valence-corrected chi connectivity index (χ4v) is 3.68. The number of aromatic nitrogens is 1. The maximum Gasteiger partial charge on any atom is 0.303 e. The zero-order valence-electron chi connectivity index (χ0n) is 12.9. The maximum atomic E-state index is 11.8. The van der Waals surface area contributed by atoms with Crippen molar-refractivity contribution in [2.75, 3.05) is 0 Å². The topological polar surface area (TPSA) is 56.0 Å². The summed E-state index contributed by atoms with van der Waals surface area (Å²) >= 11 is 36.2. The molecule has 0 aliphatic heterocycles. The molecule has 0 unspecified atom stereocenters. The first kappa shape index (κ1) is 20.5. The van der Waals surface area contributed by atoms with Crippen molar-refractivity contribution in [3.8, 4) is 22.4 Å². The molecular weight excluding hydrogens is 477 g/mol. The molecule has 138 valence electrons. The molecule has 3 rings (SSSR count). The van der Waals surface area contributed by atoms with Crippen LogP contribution in [-0.2, 0) is 0 Å². The first-order valence-electron chi connectivity index (χ1n) is 7.14. The number of hydrogen-bond donors (Lipinski definition) is 0. The smallest absolute Gasteiger partial charge is 0.258 e. The SMILES string of the molecule is O=[N+]([O-])c1c(-c2cc(Cl)c(Cl)c(Cl)c2)ccnc1-c1cc(Cl)c(Cl)c(Cl)c1. The summed E-state index contributed by atoms with van der Waals surface area (Å²) in [6.07, 6.45) is 1.42. The van der Waals surface area contributed by atoms with Crippen molar-refractivity contribution in [2.24, 2.45) is 0 Å². The summed E-state index contributed by atoms with van der Waals surface area (Å²) in [5.41, 5.74) is 0.819. The summed E-state index contributed by atoms with van der Waals surface area (Å²) in [6, 6.07) is 7.37. The zero-order chi connectivity index (χ0) is 19.9. The van der Waals surface area contributed by atoms with Crippen LogP contribution in [0.15, 0.2) is 36.5 Å². The van der Waals surface area contributed by atoms with Crippen molar-refractivity contribution < 1.29 is 4.92 Å². The minimum Gasteiger partial charge on any atom is -0.258 e. The van der Waals surface area contributed by atoms with Gasteiger partial charge in [-0.3, -0.25) is 10.1 Å². The van der Waals surface area contributed by atoms with Crippen LogP contribution in [0.2, 0.25) is 30.1 Å². The van der Waals surface area contributed by atoms with Crippen LogP contribution >= 0.6 is 69.6 Å². The third-order valence-electron chi connectivity index (χ3n) is 3.66. The summed E-state index contributed by atoms with van der Waals surface area (Å²) in [7, 11) is 0. The fourth-order valence-electron chi connectivity index (χ4n) is 2.49. The van der Waals surface area contributed by atoms with Gasteiger partial charge in [-0.1, -0.05) is 69.6 Å².